The van der Waals surface area contributed by atoms with Gasteiger partial charge < -0.3 is 10.6 Å². The molecular weight excluding hydrogens is 338 g/mol. The van der Waals surface area contributed by atoms with Crippen molar-refractivity contribution in [3.63, 3.8) is 0 Å². The number of aromatic nitrogens is 1. The van der Waals surface area contributed by atoms with E-state index in [4.69, 9.17) is 0 Å². The smallest absolute Gasteiger partial charge is 0.257 e. The Balaban J connectivity index is 1.73. The molecule has 0 aliphatic heterocycles. The molecule has 2 N–H and O–H groups in total. The molecule has 1 heterocycles. The number of hydrogen-bond donors (Lipinski definition) is 2. The summed E-state index contributed by atoms with van der Waals surface area (Å²) in [4.78, 5) is 28.9. The minimum Gasteiger partial charge on any atom is -0.352 e. The molecule has 0 saturated carbocycles. The topological polar surface area (TPSA) is 71.1 Å². The summed E-state index contributed by atoms with van der Waals surface area (Å²) < 4.78 is 0. The fourth-order valence-corrected chi connectivity index (χ4v) is 2.74. The molecular formula is C22H21N3O2. The maximum absolute atomic E-state index is 12.6. The van der Waals surface area contributed by atoms with Gasteiger partial charge in [0.2, 0.25) is 0 Å². The van der Waals surface area contributed by atoms with E-state index in [1.54, 1.807) is 30.3 Å². The summed E-state index contributed by atoms with van der Waals surface area (Å²) >= 11 is 0. The van der Waals surface area contributed by atoms with Crippen LogP contribution in [0, 0.1) is 6.92 Å². The van der Waals surface area contributed by atoms with Crippen molar-refractivity contribution in [3.05, 3.63) is 83.6 Å². The van der Waals surface area contributed by atoms with Crippen LogP contribution in [0.4, 0.5) is 5.69 Å². The molecule has 0 aliphatic rings. The number of carbonyl (C=O) groups is 2. The summed E-state index contributed by atoms with van der Waals surface area (Å²) in [5.74, 6) is -0.364. The third-order valence-electron chi connectivity index (χ3n) is 4.14. The van der Waals surface area contributed by atoms with Gasteiger partial charge in [-0.25, -0.2) is 0 Å². The number of nitrogens with one attached hydrogen (secondary N) is 2. The normalized spacial score (nSPS) is 10.3. The summed E-state index contributed by atoms with van der Waals surface area (Å²) in [6, 6.07) is 20.2. The molecule has 0 aliphatic carbocycles. The van der Waals surface area contributed by atoms with Gasteiger partial charge in [0.15, 0.2) is 0 Å². The van der Waals surface area contributed by atoms with Crippen LogP contribution in [0.15, 0.2) is 66.7 Å². The second kappa shape index (κ2) is 8.27. The van der Waals surface area contributed by atoms with Gasteiger partial charge in [-0.05, 0) is 50.2 Å². The first kappa shape index (κ1) is 18.3. The highest BCUT2D eigenvalue weighted by Crippen LogP contribution is 2.19. The zero-order valence-corrected chi connectivity index (χ0v) is 15.3. The molecule has 136 valence electrons. The predicted octanol–water partition coefficient (Wildman–Crippen LogP) is 4.06. The van der Waals surface area contributed by atoms with Crippen LogP contribution in [0.3, 0.4) is 0 Å². The van der Waals surface area contributed by atoms with Crippen molar-refractivity contribution in [3.8, 4) is 11.3 Å². The monoisotopic (exact) mass is 359 g/mol. The lowest BCUT2D eigenvalue weighted by Crippen LogP contribution is -2.22. The van der Waals surface area contributed by atoms with Crippen LogP contribution in [0.2, 0.25) is 0 Å². The van der Waals surface area contributed by atoms with E-state index in [2.05, 4.69) is 15.6 Å². The third-order valence-corrected chi connectivity index (χ3v) is 4.14. The van der Waals surface area contributed by atoms with E-state index in [9.17, 15) is 9.59 Å². The number of benzene rings is 2. The summed E-state index contributed by atoms with van der Waals surface area (Å²) in [6.45, 7) is 4.26. The van der Waals surface area contributed by atoms with Crippen molar-refractivity contribution in [1.29, 1.82) is 0 Å². The van der Waals surface area contributed by atoms with Gasteiger partial charge in [0.1, 0.15) is 0 Å². The Morgan fingerprint density at radius 2 is 1.59 bits per heavy atom. The van der Waals surface area contributed by atoms with Gasteiger partial charge in [0.25, 0.3) is 11.8 Å². The molecule has 0 atom stereocenters. The molecule has 27 heavy (non-hydrogen) atoms. The van der Waals surface area contributed by atoms with Gasteiger partial charge in [0, 0.05) is 23.4 Å². The molecule has 0 radical (unpaired) electrons. The van der Waals surface area contributed by atoms with Crippen LogP contribution >= 0.6 is 0 Å². The van der Waals surface area contributed by atoms with Gasteiger partial charge >= 0.3 is 0 Å². The minimum absolute atomic E-state index is 0.132. The first-order chi connectivity index (χ1) is 13.1. The Hall–Kier alpha value is -3.47. The van der Waals surface area contributed by atoms with E-state index < -0.39 is 0 Å². The maximum atomic E-state index is 12.6. The van der Waals surface area contributed by atoms with Crippen molar-refractivity contribution in [2.45, 2.75) is 13.8 Å². The van der Waals surface area contributed by atoms with E-state index in [1.165, 1.54) is 0 Å². The van der Waals surface area contributed by atoms with E-state index in [0.717, 1.165) is 11.3 Å². The molecule has 5 heteroatoms. The summed E-state index contributed by atoms with van der Waals surface area (Å²) in [7, 11) is 0. The molecule has 0 spiro atoms. The Kier molecular flexibility index (Phi) is 5.61. The van der Waals surface area contributed by atoms with Crippen molar-refractivity contribution < 1.29 is 9.59 Å². The Morgan fingerprint density at radius 1 is 0.889 bits per heavy atom. The quantitative estimate of drug-likeness (QED) is 0.722. The lowest BCUT2D eigenvalue weighted by atomic mass is 10.1. The number of anilines is 1. The number of nitrogens with zero attached hydrogens (tertiary/aromatic N) is 1. The SMILES string of the molecule is CCNC(=O)c1ccc(NC(=O)c2ccc(-c3ccccc3)nc2C)cc1. The van der Waals surface area contributed by atoms with Crippen LogP contribution in [0.1, 0.15) is 33.3 Å². The molecule has 0 unspecified atom stereocenters. The molecule has 3 rings (SSSR count). The highest BCUT2D eigenvalue weighted by molar-refractivity contribution is 6.05. The maximum Gasteiger partial charge on any atom is 0.257 e. The van der Waals surface area contributed by atoms with Crippen LogP contribution in [-0.4, -0.2) is 23.3 Å². The molecule has 2 aromatic carbocycles. The highest BCUT2D eigenvalue weighted by atomic mass is 16.2. The third kappa shape index (κ3) is 4.39. The molecule has 5 nitrogen and oxygen atoms in total. The van der Waals surface area contributed by atoms with Crippen molar-refractivity contribution >= 4 is 17.5 Å². The molecule has 3 aromatic rings. The van der Waals surface area contributed by atoms with Gasteiger partial charge in [-0.3, -0.25) is 14.6 Å². The predicted molar refractivity (Wildman–Crippen MR) is 107 cm³/mol. The molecule has 1 aromatic heterocycles. The van der Waals surface area contributed by atoms with E-state index >= 15 is 0 Å². The average molecular weight is 359 g/mol. The first-order valence-corrected chi connectivity index (χ1v) is 8.81. The number of rotatable bonds is 5. The average Bonchev–Trinajstić information content (AvgIpc) is 2.69. The molecule has 2 amide bonds. The van der Waals surface area contributed by atoms with Crippen molar-refractivity contribution in [2.24, 2.45) is 0 Å². The van der Waals surface area contributed by atoms with E-state index in [-0.39, 0.29) is 11.8 Å². The number of aryl methyl sites for hydroxylation is 1. The second-order valence-electron chi connectivity index (χ2n) is 6.09. The van der Waals surface area contributed by atoms with Gasteiger partial charge in [0.05, 0.1) is 17.0 Å². The van der Waals surface area contributed by atoms with Crippen molar-refractivity contribution in [1.82, 2.24) is 10.3 Å². The van der Waals surface area contributed by atoms with Gasteiger partial charge in [-0.15, -0.1) is 0 Å². The van der Waals surface area contributed by atoms with Crippen LogP contribution in [-0.2, 0) is 0 Å². The highest BCUT2D eigenvalue weighted by Gasteiger charge is 2.12. The second-order valence-corrected chi connectivity index (χ2v) is 6.09. The van der Waals surface area contributed by atoms with E-state index in [1.807, 2.05) is 50.2 Å². The summed E-state index contributed by atoms with van der Waals surface area (Å²) in [6.07, 6.45) is 0. The molecule has 0 saturated heterocycles. The number of pyridine rings is 1. The Labute approximate surface area is 158 Å². The fourth-order valence-electron chi connectivity index (χ4n) is 2.74. The lowest BCUT2D eigenvalue weighted by Gasteiger charge is -2.10. The summed E-state index contributed by atoms with van der Waals surface area (Å²) in [5, 5.41) is 5.59. The van der Waals surface area contributed by atoms with Gasteiger partial charge in [-0.1, -0.05) is 30.3 Å². The Bertz CT molecular complexity index is 951. The minimum atomic E-state index is -0.231. The largest absolute Gasteiger partial charge is 0.352 e. The first-order valence-electron chi connectivity index (χ1n) is 8.81. The van der Waals surface area contributed by atoms with Crippen LogP contribution in [0.25, 0.3) is 11.3 Å². The summed E-state index contributed by atoms with van der Waals surface area (Å²) in [5.41, 5.74) is 4.19. The van der Waals surface area contributed by atoms with E-state index in [0.29, 0.717) is 29.1 Å². The standard InChI is InChI=1S/C22H21N3O2/c1-3-23-21(26)17-9-11-18(12-10-17)25-22(27)19-13-14-20(24-15(19)2)16-7-5-4-6-8-16/h4-14H,3H2,1-2H3,(H,23,26)(H,25,27). The number of amides is 2. The van der Waals surface area contributed by atoms with Crippen molar-refractivity contribution in [2.75, 3.05) is 11.9 Å². The van der Waals surface area contributed by atoms with Crippen LogP contribution in [0.5, 0.6) is 0 Å². The molecule has 0 fully saturated rings. The zero-order chi connectivity index (χ0) is 19.2. The van der Waals surface area contributed by atoms with Crippen LogP contribution < -0.4 is 10.6 Å². The lowest BCUT2D eigenvalue weighted by molar-refractivity contribution is 0.0955. The fraction of sp³-hybridized carbons (Fsp3) is 0.136. The zero-order valence-electron chi connectivity index (χ0n) is 15.3. The Morgan fingerprint density at radius 3 is 2.22 bits per heavy atom. The van der Waals surface area contributed by atoms with Gasteiger partial charge in [-0.2, -0.15) is 0 Å². The number of carbonyl (C=O) groups excluding carboxylic acids is 2. The molecule has 0 bridgehead atoms. The number of hydrogen-bond acceptors (Lipinski definition) is 3.